The predicted octanol–water partition coefficient (Wildman–Crippen LogP) is 3.25. The van der Waals surface area contributed by atoms with E-state index in [0.717, 1.165) is 25.9 Å². The zero-order valence-corrected chi connectivity index (χ0v) is 12.6. The molecule has 1 N–H and O–H groups in total. The zero-order valence-electron chi connectivity index (χ0n) is 12.6. The van der Waals surface area contributed by atoms with Crippen LogP contribution in [-0.4, -0.2) is 30.6 Å². The molecule has 0 aliphatic carbocycles. The second-order valence-corrected chi connectivity index (χ2v) is 5.94. The van der Waals surface area contributed by atoms with Gasteiger partial charge in [0.2, 0.25) is 0 Å². The molecule has 106 valence electrons. The summed E-state index contributed by atoms with van der Waals surface area (Å²) >= 11 is 0. The van der Waals surface area contributed by atoms with Crippen LogP contribution in [0, 0.1) is 0 Å². The van der Waals surface area contributed by atoms with Crippen LogP contribution in [0.5, 0.6) is 0 Å². The first-order valence-electron chi connectivity index (χ1n) is 7.06. The summed E-state index contributed by atoms with van der Waals surface area (Å²) < 4.78 is 11.9. The molecule has 1 fully saturated rings. The number of rotatable bonds is 7. The van der Waals surface area contributed by atoms with Crippen LogP contribution in [0.4, 0.5) is 0 Å². The van der Waals surface area contributed by atoms with Crippen LogP contribution in [0.3, 0.4) is 0 Å². The van der Waals surface area contributed by atoms with Crippen molar-refractivity contribution in [2.45, 2.75) is 71.4 Å². The zero-order chi connectivity index (χ0) is 13.6. The van der Waals surface area contributed by atoms with Gasteiger partial charge in [-0.15, -0.1) is 0 Å². The van der Waals surface area contributed by atoms with Crippen molar-refractivity contribution in [1.82, 2.24) is 5.32 Å². The molecule has 1 aliphatic rings. The summed E-state index contributed by atoms with van der Waals surface area (Å²) in [6, 6.07) is 0. The highest BCUT2D eigenvalue weighted by atomic mass is 16.7. The van der Waals surface area contributed by atoms with Crippen molar-refractivity contribution in [2.24, 2.45) is 0 Å². The van der Waals surface area contributed by atoms with E-state index in [1.807, 2.05) is 0 Å². The molecule has 1 heterocycles. The molecule has 0 aromatic rings. The van der Waals surface area contributed by atoms with Crippen molar-refractivity contribution in [3.8, 4) is 0 Å². The van der Waals surface area contributed by atoms with Crippen LogP contribution in [0.15, 0.2) is 12.2 Å². The van der Waals surface area contributed by atoms with E-state index in [-0.39, 0.29) is 17.5 Å². The molecular formula is C15H29NO2. The van der Waals surface area contributed by atoms with Crippen molar-refractivity contribution < 1.29 is 9.47 Å². The van der Waals surface area contributed by atoms with Crippen LogP contribution in [0.2, 0.25) is 0 Å². The first-order chi connectivity index (χ1) is 8.39. The topological polar surface area (TPSA) is 30.5 Å². The lowest BCUT2D eigenvalue weighted by molar-refractivity contribution is -0.0895. The molecule has 1 rings (SSSR count). The molecule has 0 radical (unpaired) electrons. The van der Waals surface area contributed by atoms with Gasteiger partial charge in [0.25, 0.3) is 0 Å². The minimum Gasteiger partial charge on any atom is -0.344 e. The fourth-order valence-corrected chi connectivity index (χ4v) is 1.94. The van der Waals surface area contributed by atoms with Gasteiger partial charge in [-0.3, -0.25) is 0 Å². The van der Waals surface area contributed by atoms with E-state index in [1.54, 1.807) is 0 Å². The fraction of sp³-hybridized carbons (Fsp3) is 0.867. The molecule has 0 amide bonds. The molecule has 3 nitrogen and oxygen atoms in total. The van der Waals surface area contributed by atoms with Gasteiger partial charge in [-0.1, -0.05) is 12.2 Å². The molecule has 0 atom stereocenters. The largest absolute Gasteiger partial charge is 0.344 e. The van der Waals surface area contributed by atoms with E-state index in [4.69, 9.17) is 9.47 Å². The second-order valence-electron chi connectivity index (χ2n) is 5.94. The molecule has 0 saturated carbocycles. The standard InChI is InChI=1S/C15H29NO2/c1-6-7-8-9-11-16-12-10-13-17-14(2,3)15(4,5)18-13/h6-7,13,16H,8-12H2,1-5H3. The number of allylic oxidation sites excluding steroid dienone is 2. The Hall–Kier alpha value is -0.380. The molecule has 0 bridgehead atoms. The van der Waals surface area contributed by atoms with Crippen molar-refractivity contribution in [3.63, 3.8) is 0 Å². The maximum atomic E-state index is 5.94. The number of hydrogen-bond donors (Lipinski definition) is 1. The van der Waals surface area contributed by atoms with Crippen molar-refractivity contribution >= 4 is 0 Å². The third kappa shape index (κ3) is 4.38. The average molecular weight is 255 g/mol. The van der Waals surface area contributed by atoms with E-state index in [0.29, 0.717) is 0 Å². The highest BCUT2D eigenvalue weighted by Crippen LogP contribution is 2.38. The van der Waals surface area contributed by atoms with Gasteiger partial charge < -0.3 is 14.8 Å². The van der Waals surface area contributed by atoms with Crippen LogP contribution >= 0.6 is 0 Å². The first kappa shape index (κ1) is 15.7. The predicted molar refractivity (Wildman–Crippen MR) is 75.7 cm³/mol. The van der Waals surface area contributed by atoms with Gasteiger partial charge in [-0.2, -0.15) is 0 Å². The third-order valence-electron chi connectivity index (χ3n) is 3.82. The summed E-state index contributed by atoms with van der Waals surface area (Å²) in [4.78, 5) is 0. The van der Waals surface area contributed by atoms with Gasteiger partial charge in [0.15, 0.2) is 6.29 Å². The van der Waals surface area contributed by atoms with Gasteiger partial charge in [0.05, 0.1) is 11.2 Å². The van der Waals surface area contributed by atoms with E-state index < -0.39 is 0 Å². The molecular weight excluding hydrogens is 226 g/mol. The van der Waals surface area contributed by atoms with E-state index in [1.165, 1.54) is 6.42 Å². The normalized spacial score (nSPS) is 22.9. The van der Waals surface area contributed by atoms with Crippen molar-refractivity contribution in [1.29, 1.82) is 0 Å². The SMILES string of the molecule is CC=CCCCNCCC1OC(C)(C)C(C)(C)O1. The van der Waals surface area contributed by atoms with E-state index in [9.17, 15) is 0 Å². The minimum absolute atomic E-state index is 0.0713. The molecule has 18 heavy (non-hydrogen) atoms. The number of hydrogen-bond acceptors (Lipinski definition) is 3. The molecule has 1 aliphatic heterocycles. The number of ether oxygens (including phenoxy) is 2. The van der Waals surface area contributed by atoms with Gasteiger partial charge in [-0.05, 0) is 60.5 Å². The molecule has 0 unspecified atom stereocenters. The Labute approximate surface area is 112 Å². The van der Waals surface area contributed by atoms with Crippen molar-refractivity contribution in [2.75, 3.05) is 13.1 Å². The summed E-state index contributed by atoms with van der Waals surface area (Å²) in [5.74, 6) is 0. The molecule has 0 spiro atoms. The Morgan fingerprint density at radius 3 is 2.22 bits per heavy atom. The third-order valence-corrected chi connectivity index (χ3v) is 3.82. The summed E-state index contributed by atoms with van der Waals surface area (Å²) in [7, 11) is 0. The summed E-state index contributed by atoms with van der Waals surface area (Å²) in [6.07, 6.45) is 7.49. The average Bonchev–Trinajstić information content (AvgIpc) is 2.46. The number of nitrogens with one attached hydrogen (secondary N) is 1. The highest BCUT2D eigenvalue weighted by Gasteiger charge is 2.48. The lowest BCUT2D eigenvalue weighted by Crippen LogP contribution is -2.41. The fourth-order valence-electron chi connectivity index (χ4n) is 1.94. The Bertz CT molecular complexity index is 256. The second kappa shape index (κ2) is 6.69. The van der Waals surface area contributed by atoms with E-state index in [2.05, 4.69) is 52.1 Å². The smallest absolute Gasteiger partial charge is 0.160 e. The Kier molecular flexibility index (Phi) is 5.83. The molecule has 0 aromatic carbocycles. The quantitative estimate of drug-likeness (QED) is 0.559. The summed E-state index contributed by atoms with van der Waals surface area (Å²) in [5, 5.41) is 3.43. The van der Waals surface area contributed by atoms with E-state index >= 15 is 0 Å². The first-order valence-corrected chi connectivity index (χ1v) is 7.06. The highest BCUT2D eigenvalue weighted by molar-refractivity contribution is 4.94. The van der Waals surface area contributed by atoms with Gasteiger partial charge >= 0.3 is 0 Å². The molecule has 1 saturated heterocycles. The summed E-state index contributed by atoms with van der Waals surface area (Å²) in [6.45, 7) is 12.5. The minimum atomic E-state index is -0.205. The Morgan fingerprint density at radius 1 is 1.06 bits per heavy atom. The maximum absolute atomic E-state index is 5.94. The van der Waals surface area contributed by atoms with Gasteiger partial charge in [0, 0.05) is 6.42 Å². The van der Waals surface area contributed by atoms with Gasteiger partial charge in [-0.25, -0.2) is 0 Å². The van der Waals surface area contributed by atoms with Crippen LogP contribution < -0.4 is 5.32 Å². The van der Waals surface area contributed by atoms with Crippen LogP contribution in [-0.2, 0) is 9.47 Å². The summed E-state index contributed by atoms with van der Waals surface area (Å²) in [5.41, 5.74) is -0.410. The monoisotopic (exact) mass is 255 g/mol. The Balaban J connectivity index is 2.11. The number of unbranched alkanes of at least 4 members (excludes halogenated alkanes) is 1. The van der Waals surface area contributed by atoms with Gasteiger partial charge in [0.1, 0.15) is 0 Å². The lowest BCUT2D eigenvalue weighted by atomic mass is 9.90. The van der Waals surface area contributed by atoms with Crippen molar-refractivity contribution in [3.05, 3.63) is 12.2 Å². The maximum Gasteiger partial charge on any atom is 0.160 e. The van der Waals surface area contributed by atoms with Crippen LogP contribution in [0.25, 0.3) is 0 Å². The molecule has 0 aromatic heterocycles. The lowest BCUT2D eigenvalue weighted by Gasteiger charge is -2.30. The Morgan fingerprint density at radius 2 is 1.67 bits per heavy atom. The molecule has 3 heteroatoms. The van der Waals surface area contributed by atoms with Crippen LogP contribution in [0.1, 0.15) is 53.9 Å².